The molecule has 1 unspecified atom stereocenters. The Balaban J connectivity index is 1.36. The Bertz CT molecular complexity index is 811. The molecular formula is C20H30N6O2. The number of nitrogens with zero attached hydrogens (tertiary/aromatic N) is 6. The second kappa shape index (κ2) is 8.41. The van der Waals surface area contributed by atoms with Crippen LogP contribution in [0.4, 0.5) is 0 Å². The zero-order valence-corrected chi connectivity index (χ0v) is 16.9. The van der Waals surface area contributed by atoms with Crippen LogP contribution in [0.3, 0.4) is 0 Å². The minimum absolute atomic E-state index is 0.0720. The number of fused-ring (bicyclic) bond motifs is 1. The van der Waals surface area contributed by atoms with E-state index in [2.05, 4.69) is 24.9 Å². The molecule has 1 amide bonds. The highest BCUT2D eigenvalue weighted by Gasteiger charge is 2.34. The van der Waals surface area contributed by atoms with Crippen molar-refractivity contribution >= 4 is 5.91 Å². The lowest BCUT2D eigenvalue weighted by Gasteiger charge is -2.24. The summed E-state index contributed by atoms with van der Waals surface area (Å²) < 4.78 is 7.55. The summed E-state index contributed by atoms with van der Waals surface area (Å²) in [5.74, 6) is 3.87. The zero-order valence-electron chi connectivity index (χ0n) is 16.9. The van der Waals surface area contributed by atoms with E-state index in [-0.39, 0.29) is 17.9 Å². The zero-order chi connectivity index (χ0) is 19.5. The highest BCUT2D eigenvalue weighted by atomic mass is 16.5. The number of hydrogen-bond donors (Lipinski definition) is 0. The Morgan fingerprint density at radius 3 is 2.89 bits per heavy atom. The summed E-state index contributed by atoms with van der Waals surface area (Å²) in [7, 11) is 0. The van der Waals surface area contributed by atoms with Gasteiger partial charge in [-0.25, -0.2) is 0 Å². The lowest BCUT2D eigenvalue weighted by molar-refractivity contribution is -0.132. The van der Waals surface area contributed by atoms with Crippen molar-refractivity contribution in [3.63, 3.8) is 0 Å². The van der Waals surface area contributed by atoms with Gasteiger partial charge in [0.05, 0.1) is 6.04 Å². The minimum Gasteiger partial charge on any atom is -0.339 e. The Kier molecular flexibility index (Phi) is 5.73. The van der Waals surface area contributed by atoms with E-state index < -0.39 is 0 Å². The molecule has 152 valence electrons. The first-order chi connectivity index (χ1) is 13.6. The van der Waals surface area contributed by atoms with Gasteiger partial charge in [0, 0.05) is 38.3 Å². The minimum atomic E-state index is 0.0720. The Morgan fingerprint density at radius 2 is 2.07 bits per heavy atom. The molecule has 0 N–H and O–H groups in total. The van der Waals surface area contributed by atoms with E-state index in [1.54, 1.807) is 0 Å². The van der Waals surface area contributed by atoms with E-state index in [1.165, 1.54) is 19.3 Å². The topological polar surface area (TPSA) is 89.9 Å². The Hall–Kier alpha value is -2.25. The number of carbonyl (C=O) groups excluding carboxylic acids is 1. The van der Waals surface area contributed by atoms with Gasteiger partial charge in [0.15, 0.2) is 11.6 Å². The van der Waals surface area contributed by atoms with Gasteiger partial charge in [0.1, 0.15) is 5.82 Å². The molecule has 0 saturated carbocycles. The van der Waals surface area contributed by atoms with Gasteiger partial charge in [0.25, 0.3) is 0 Å². The van der Waals surface area contributed by atoms with Crippen molar-refractivity contribution in [3.05, 3.63) is 23.4 Å². The van der Waals surface area contributed by atoms with Crippen molar-refractivity contribution in [1.29, 1.82) is 0 Å². The van der Waals surface area contributed by atoms with Crippen LogP contribution in [0.1, 0.15) is 94.1 Å². The molecule has 0 radical (unpaired) electrons. The normalized spacial score (nSPS) is 19.8. The van der Waals surface area contributed by atoms with Crippen molar-refractivity contribution in [2.75, 3.05) is 6.54 Å². The predicted octanol–water partition coefficient (Wildman–Crippen LogP) is 3.20. The summed E-state index contributed by atoms with van der Waals surface area (Å²) in [6.45, 7) is 5.86. The van der Waals surface area contributed by atoms with Crippen LogP contribution in [0, 0.1) is 0 Å². The first-order valence-electron chi connectivity index (χ1n) is 10.7. The average Bonchev–Trinajstić information content (AvgIpc) is 3.38. The van der Waals surface area contributed by atoms with Gasteiger partial charge in [-0.2, -0.15) is 4.98 Å². The summed E-state index contributed by atoms with van der Waals surface area (Å²) in [4.78, 5) is 19.3. The van der Waals surface area contributed by atoms with E-state index in [1.807, 2.05) is 18.7 Å². The first-order valence-corrected chi connectivity index (χ1v) is 10.7. The van der Waals surface area contributed by atoms with Gasteiger partial charge in [-0.05, 0) is 32.1 Å². The summed E-state index contributed by atoms with van der Waals surface area (Å²) >= 11 is 0. The van der Waals surface area contributed by atoms with Crippen LogP contribution in [0.25, 0.3) is 0 Å². The van der Waals surface area contributed by atoms with Gasteiger partial charge in [-0.3, -0.25) is 4.79 Å². The van der Waals surface area contributed by atoms with Crippen molar-refractivity contribution in [1.82, 2.24) is 29.8 Å². The molecule has 2 aliphatic heterocycles. The largest absolute Gasteiger partial charge is 0.339 e. The second-order valence-corrected chi connectivity index (χ2v) is 8.24. The second-order valence-electron chi connectivity index (χ2n) is 8.24. The Labute approximate surface area is 165 Å². The van der Waals surface area contributed by atoms with Gasteiger partial charge in [-0.15, -0.1) is 10.2 Å². The van der Waals surface area contributed by atoms with Crippen molar-refractivity contribution < 1.29 is 9.32 Å². The lowest BCUT2D eigenvalue weighted by Crippen LogP contribution is -2.32. The molecular weight excluding hydrogens is 356 g/mol. The van der Waals surface area contributed by atoms with E-state index in [0.29, 0.717) is 18.7 Å². The maximum absolute atomic E-state index is 12.9. The Morgan fingerprint density at radius 1 is 1.18 bits per heavy atom. The first kappa shape index (κ1) is 19.1. The molecule has 0 bridgehead atoms. The monoisotopic (exact) mass is 386 g/mol. The molecule has 1 saturated heterocycles. The third-order valence-corrected chi connectivity index (χ3v) is 5.79. The fraction of sp³-hybridized carbons (Fsp3) is 0.750. The van der Waals surface area contributed by atoms with Crippen molar-refractivity contribution in [2.45, 2.75) is 90.1 Å². The van der Waals surface area contributed by atoms with Crippen LogP contribution >= 0.6 is 0 Å². The fourth-order valence-corrected chi connectivity index (χ4v) is 4.23. The van der Waals surface area contributed by atoms with Crippen LogP contribution in [0.5, 0.6) is 0 Å². The molecule has 4 heterocycles. The molecule has 28 heavy (non-hydrogen) atoms. The molecule has 1 atom stereocenters. The summed E-state index contributed by atoms with van der Waals surface area (Å²) in [5, 5.41) is 12.9. The van der Waals surface area contributed by atoms with Crippen LogP contribution in [-0.4, -0.2) is 42.3 Å². The molecule has 2 aliphatic rings. The molecule has 0 aliphatic carbocycles. The summed E-state index contributed by atoms with van der Waals surface area (Å²) in [5.41, 5.74) is 0. The molecule has 4 rings (SSSR count). The summed E-state index contributed by atoms with van der Waals surface area (Å²) in [6.07, 6.45) is 8.45. The molecule has 1 fully saturated rings. The fourth-order valence-electron chi connectivity index (χ4n) is 4.23. The van der Waals surface area contributed by atoms with Gasteiger partial charge < -0.3 is 14.0 Å². The molecule has 0 aromatic carbocycles. The smallest absolute Gasteiger partial charge is 0.226 e. The molecule has 8 heteroatoms. The number of amides is 1. The van der Waals surface area contributed by atoms with Crippen LogP contribution in [0.15, 0.2) is 4.52 Å². The average molecular weight is 387 g/mol. The van der Waals surface area contributed by atoms with Gasteiger partial charge in [0.2, 0.25) is 11.8 Å². The van der Waals surface area contributed by atoms with Gasteiger partial charge in [-0.1, -0.05) is 25.4 Å². The SMILES string of the molecule is CC(C)c1noc(CCCC(=O)N2CCCC2c2nnc3n2CCCCC3)n1. The van der Waals surface area contributed by atoms with Crippen molar-refractivity contribution in [3.8, 4) is 0 Å². The number of rotatable bonds is 6. The highest BCUT2D eigenvalue weighted by molar-refractivity contribution is 5.76. The quantitative estimate of drug-likeness (QED) is 0.757. The molecule has 0 spiro atoms. The third kappa shape index (κ3) is 3.95. The predicted molar refractivity (Wildman–Crippen MR) is 103 cm³/mol. The number of aryl methyl sites for hydroxylation is 2. The highest BCUT2D eigenvalue weighted by Crippen LogP contribution is 2.33. The number of carbonyl (C=O) groups is 1. The maximum Gasteiger partial charge on any atom is 0.226 e. The van der Waals surface area contributed by atoms with Crippen molar-refractivity contribution in [2.24, 2.45) is 0 Å². The van der Waals surface area contributed by atoms with Gasteiger partial charge >= 0.3 is 0 Å². The lowest BCUT2D eigenvalue weighted by atomic mass is 10.1. The van der Waals surface area contributed by atoms with E-state index >= 15 is 0 Å². The molecule has 8 nitrogen and oxygen atoms in total. The third-order valence-electron chi connectivity index (χ3n) is 5.79. The van der Waals surface area contributed by atoms with Crippen LogP contribution < -0.4 is 0 Å². The number of hydrogen-bond acceptors (Lipinski definition) is 6. The molecule has 2 aromatic rings. The van der Waals surface area contributed by atoms with E-state index in [9.17, 15) is 4.79 Å². The number of likely N-dealkylation sites (tertiary alicyclic amines) is 1. The van der Waals surface area contributed by atoms with E-state index in [4.69, 9.17) is 4.52 Å². The maximum atomic E-state index is 12.9. The molecule has 2 aromatic heterocycles. The number of aromatic nitrogens is 5. The standard InChI is InChI=1S/C20H30N6O2/c1-14(2)19-21-17(28-24-19)10-6-11-18(27)25-13-7-8-15(25)20-23-22-16-9-4-3-5-12-26(16)20/h14-15H,3-13H2,1-2H3. The summed E-state index contributed by atoms with van der Waals surface area (Å²) in [6, 6.07) is 0.0720. The van der Waals surface area contributed by atoms with E-state index in [0.717, 1.165) is 56.2 Å². The van der Waals surface area contributed by atoms with Crippen LogP contribution in [0.2, 0.25) is 0 Å². The van der Waals surface area contributed by atoms with Crippen LogP contribution in [-0.2, 0) is 24.2 Å².